The summed E-state index contributed by atoms with van der Waals surface area (Å²) in [6.07, 6.45) is 7.59. The third kappa shape index (κ3) is 2.10. The van der Waals surface area contributed by atoms with Gasteiger partial charge in [0.1, 0.15) is 0 Å². The molecule has 0 aromatic carbocycles. The number of rotatable bonds is 1. The molecule has 1 N–H and O–H groups in total. The highest BCUT2D eigenvalue weighted by atomic mass is 16.3. The van der Waals surface area contributed by atoms with Crippen molar-refractivity contribution in [1.82, 2.24) is 0 Å². The van der Waals surface area contributed by atoms with Crippen molar-refractivity contribution >= 4 is 0 Å². The number of aliphatic hydroxyl groups is 1. The summed E-state index contributed by atoms with van der Waals surface area (Å²) in [6.45, 7) is 6.98. The number of fused-ring (bicyclic) bond motifs is 1. The van der Waals surface area contributed by atoms with Crippen LogP contribution in [-0.2, 0) is 0 Å². The minimum absolute atomic E-state index is 0.236. The van der Waals surface area contributed by atoms with Gasteiger partial charge >= 0.3 is 0 Å². The van der Waals surface area contributed by atoms with Gasteiger partial charge in [-0.1, -0.05) is 24.1 Å². The first-order chi connectivity index (χ1) is 7.63. The molecule has 1 heteroatoms. The molecule has 0 heterocycles. The first-order valence-electron chi connectivity index (χ1n) is 6.60. The van der Waals surface area contributed by atoms with E-state index in [0.717, 1.165) is 11.8 Å². The van der Waals surface area contributed by atoms with Gasteiger partial charge in [0.15, 0.2) is 0 Å². The Labute approximate surface area is 99.3 Å². The van der Waals surface area contributed by atoms with Gasteiger partial charge in [-0.15, -0.1) is 0 Å². The molecule has 3 unspecified atom stereocenters. The molecule has 0 amide bonds. The van der Waals surface area contributed by atoms with Gasteiger partial charge in [-0.25, -0.2) is 0 Å². The summed E-state index contributed by atoms with van der Waals surface area (Å²) in [5.74, 6) is 2.31. The Morgan fingerprint density at radius 1 is 1.38 bits per heavy atom. The number of allylic oxidation sites excluding steroid dienone is 3. The largest absolute Gasteiger partial charge is 0.392 e. The lowest BCUT2D eigenvalue weighted by molar-refractivity contribution is 0.219. The zero-order chi connectivity index (χ0) is 11.7. The summed E-state index contributed by atoms with van der Waals surface area (Å²) in [7, 11) is 0. The Balaban J connectivity index is 2.33. The Hall–Kier alpha value is -0.560. The Morgan fingerprint density at radius 2 is 2.12 bits per heavy atom. The molecular weight excluding hydrogens is 196 g/mol. The zero-order valence-corrected chi connectivity index (χ0v) is 10.8. The molecule has 0 spiro atoms. The normalized spacial score (nSPS) is 37.8. The molecule has 0 aromatic heterocycles. The first-order valence-corrected chi connectivity index (χ1v) is 6.60. The van der Waals surface area contributed by atoms with E-state index in [4.69, 9.17) is 0 Å². The quantitative estimate of drug-likeness (QED) is 0.668. The maximum Gasteiger partial charge on any atom is 0.0641 e. The molecule has 16 heavy (non-hydrogen) atoms. The van der Waals surface area contributed by atoms with Gasteiger partial charge < -0.3 is 5.11 Å². The van der Waals surface area contributed by atoms with E-state index >= 15 is 0 Å². The van der Waals surface area contributed by atoms with E-state index in [1.54, 1.807) is 5.57 Å². The van der Waals surface area contributed by atoms with E-state index in [9.17, 15) is 5.11 Å². The lowest BCUT2D eigenvalue weighted by atomic mass is 9.64. The fraction of sp³-hybridized carbons (Fsp3) is 0.733. The monoisotopic (exact) mass is 220 g/mol. The lowest BCUT2D eigenvalue weighted by Gasteiger charge is -2.41. The van der Waals surface area contributed by atoms with Gasteiger partial charge in [0.05, 0.1) is 6.61 Å². The molecule has 0 saturated heterocycles. The van der Waals surface area contributed by atoms with Gasteiger partial charge in [-0.3, -0.25) is 0 Å². The van der Waals surface area contributed by atoms with Crippen molar-refractivity contribution in [3.63, 3.8) is 0 Å². The number of hydrogen-bond acceptors (Lipinski definition) is 1. The maximum absolute atomic E-state index is 9.33. The molecule has 2 aliphatic rings. The molecule has 1 saturated carbocycles. The highest BCUT2D eigenvalue weighted by Crippen LogP contribution is 2.46. The van der Waals surface area contributed by atoms with Crippen LogP contribution in [0.3, 0.4) is 0 Å². The molecule has 1 fully saturated rings. The fourth-order valence-corrected chi connectivity index (χ4v) is 3.45. The van der Waals surface area contributed by atoms with E-state index in [-0.39, 0.29) is 6.61 Å². The van der Waals surface area contributed by atoms with E-state index in [1.165, 1.54) is 36.8 Å². The highest BCUT2D eigenvalue weighted by molar-refractivity contribution is 5.27. The minimum Gasteiger partial charge on any atom is -0.392 e. The molecule has 90 valence electrons. The molecule has 2 aliphatic carbocycles. The first kappa shape index (κ1) is 11.9. The molecule has 0 radical (unpaired) electrons. The second-order valence-electron chi connectivity index (χ2n) is 5.72. The van der Waals surface area contributed by atoms with Crippen molar-refractivity contribution in [1.29, 1.82) is 0 Å². The predicted molar refractivity (Wildman–Crippen MR) is 68.2 cm³/mol. The van der Waals surface area contributed by atoms with Crippen LogP contribution in [0.15, 0.2) is 22.8 Å². The van der Waals surface area contributed by atoms with Crippen molar-refractivity contribution in [2.45, 2.75) is 46.5 Å². The smallest absolute Gasteiger partial charge is 0.0641 e. The van der Waals surface area contributed by atoms with Crippen molar-refractivity contribution in [2.75, 3.05) is 6.61 Å². The molecule has 0 aliphatic heterocycles. The van der Waals surface area contributed by atoms with Crippen LogP contribution in [0.4, 0.5) is 0 Å². The van der Waals surface area contributed by atoms with E-state index < -0.39 is 0 Å². The third-order valence-electron chi connectivity index (χ3n) is 4.58. The van der Waals surface area contributed by atoms with Crippen LogP contribution in [-0.4, -0.2) is 11.7 Å². The number of aliphatic hydroxyl groups excluding tert-OH is 1. The Bertz CT molecular complexity index is 324. The molecule has 3 atom stereocenters. The molecule has 1 nitrogen and oxygen atoms in total. The van der Waals surface area contributed by atoms with Crippen LogP contribution >= 0.6 is 0 Å². The van der Waals surface area contributed by atoms with Crippen LogP contribution in [0.2, 0.25) is 0 Å². The van der Waals surface area contributed by atoms with Crippen molar-refractivity contribution in [3.8, 4) is 0 Å². The minimum atomic E-state index is 0.236. The predicted octanol–water partition coefficient (Wildman–Crippen LogP) is 3.70. The van der Waals surface area contributed by atoms with Crippen LogP contribution in [0, 0.1) is 17.8 Å². The van der Waals surface area contributed by atoms with Gasteiger partial charge in [-0.2, -0.15) is 0 Å². The summed E-state index contributed by atoms with van der Waals surface area (Å²) in [5, 5.41) is 9.33. The average Bonchev–Trinajstić information content (AvgIpc) is 2.28. The standard InChI is InChI=1S/C15H24O/c1-10-4-6-13-11(2)5-7-14(12(3)9-16)15(13)8-10/h8,11,13,15-16H,4-7,9H2,1-3H3/b14-12+. The van der Waals surface area contributed by atoms with Crippen LogP contribution in [0.25, 0.3) is 0 Å². The molecular formula is C15H24O. The van der Waals surface area contributed by atoms with Gasteiger partial charge in [0.2, 0.25) is 0 Å². The Kier molecular flexibility index (Phi) is 3.53. The third-order valence-corrected chi connectivity index (χ3v) is 4.58. The lowest BCUT2D eigenvalue weighted by Crippen LogP contribution is -2.30. The topological polar surface area (TPSA) is 20.2 Å². The maximum atomic E-state index is 9.33. The second-order valence-corrected chi connectivity index (χ2v) is 5.72. The van der Waals surface area contributed by atoms with Crippen molar-refractivity contribution in [3.05, 3.63) is 22.8 Å². The molecule has 0 aromatic rings. The zero-order valence-electron chi connectivity index (χ0n) is 10.8. The summed E-state index contributed by atoms with van der Waals surface area (Å²) in [6, 6.07) is 0. The second kappa shape index (κ2) is 4.75. The Morgan fingerprint density at radius 3 is 2.81 bits per heavy atom. The average molecular weight is 220 g/mol. The van der Waals surface area contributed by atoms with Gasteiger partial charge in [-0.05, 0) is 56.9 Å². The summed E-state index contributed by atoms with van der Waals surface area (Å²) >= 11 is 0. The summed E-state index contributed by atoms with van der Waals surface area (Å²) in [4.78, 5) is 0. The fourth-order valence-electron chi connectivity index (χ4n) is 3.45. The highest BCUT2D eigenvalue weighted by Gasteiger charge is 2.34. The van der Waals surface area contributed by atoms with Crippen LogP contribution < -0.4 is 0 Å². The van der Waals surface area contributed by atoms with E-state index in [0.29, 0.717) is 5.92 Å². The van der Waals surface area contributed by atoms with Crippen LogP contribution in [0.5, 0.6) is 0 Å². The summed E-state index contributed by atoms with van der Waals surface area (Å²) < 4.78 is 0. The van der Waals surface area contributed by atoms with Crippen LogP contribution in [0.1, 0.15) is 46.5 Å². The van der Waals surface area contributed by atoms with Gasteiger partial charge in [0.25, 0.3) is 0 Å². The number of hydrogen-bond donors (Lipinski definition) is 1. The SMILES string of the molecule is CC1=CC2/C(=C(\C)CO)CCC(C)C2CC1. The molecule has 0 bridgehead atoms. The van der Waals surface area contributed by atoms with E-state index in [2.05, 4.69) is 26.8 Å². The molecule has 2 rings (SSSR count). The van der Waals surface area contributed by atoms with Crippen molar-refractivity contribution < 1.29 is 5.11 Å². The summed E-state index contributed by atoms with van der Waals surface area (Å²) in [5.41, 5.74) is 4.29. The van der Waals surface area contributed by atoms with E-state index in [1.807, 2.05) is 0 Å². The van der Waals surface area contributed by atoms with Crippen molar-refractivity contribution in [2.24, 2.45) is 17.8 Å². The van der Waals surface area contributed by atoms with Gasteiger partial charge in [0, 0.05) is 5.92 Å².